The Kier molecular flexibility index (Phi) is 5.85. The van der Waals surface area contributed by atoms with Crippen LogP contribution in [0.3, 0.4) is 0 Å². The highest BCUT2D eigenvalue weighted by molar-refractivity contribution is 6.49. The van der Waals surface area contributed by atoms with Crippen molar-refractivity contribution in [1.29, 1.82) is 0 Å². The van der Waals surface area contributed by atoms with Crippen molar-refractivity contribution >= 4 is 34.9 Å². The summed E-state index contributed by atoms with van der Waals surface area (Å²) in [5.41, 5.74) is 2.43. The Hall–Kier alpha value is -2.33. The molecule has 0 spiro atoms. The Morgan fingerprint density at radius 3 is 2.36 bits per heavy atom. The third kappa shape index (κ3) is 4.02. The second kappa shape index (κ2) is 7.70. The van der Waals surface area contributed by atoms with Crippen LogP contribution in [-0.2, 0) is 9.59 Å². The molecule has 0 saturated carbocycles. The molecule has 1 aliphatic carbocycles. The number of ketones is 2. The molecular weight excluding hydrogens is 338 g/mol. The normalized spacial score (nSPS) is 15.6. The Labute approximate surface area is 153 Å². The highest BCUT2D eigenvalue weighted by Crippen LogP contribution is 2.30. The molecule has 1 aliphatic rings. The van der Waals surface area contributed by atoms with Crippen molar-refractivity contribution < 1.29 is 14.3 Å². The highest BCUT2D eigenvalue weighted by atomic mass is 35.5. The van der Waals surface area contributed by atoms with Crippen molar-refractivity contribution in [2.75, 3.05) is 5.32 Å². The lowest BCUT2D eigenvalue weighted by Crippen LogP contribution is -2.24. The number of ether oxygens (including phenoxy) is 1. The zero-order chi connectivity index (χ0) is 18.7. The van der Waals surface area contributed by atoms with E-state index >= 15 is 0 Å². The fraction of sp³-hybridized carbons (Fsp3) is 0.300. The second-order valence-electron chi connectivity index (χ2n) is 6.14. The zero-order valence-electron chi connectivity index (χ0n) is 15.1. The minimum absolute atomic E-state index is 0.0493. The summed E-state index contributed by atoms with van der Waals surface area (Å²) < 4.78 is 5.79. The third-order valence-electron chi connectivity index (χ3n) is 3.88. The van der Waals surface area contributed by atoms with Gasteiger partial charge in [0.2, 0.25) is 11.6 Å². The smallest absolute Gasteiger partial charge is 0.206 e. The number of carbonyl (C=O) groups is 2. The van der Waals surface area contributed by atoms with Crippen LogP contribution < -0.4 is 10.1 Å². The van der Waals surface area contributed by atoms with Crippen molar-refractivity contribution in [3.05, 3.63) is 51.7 Å². The van der Waals surface area contributed by atoms with Gasteiger partial charge in [0.05, 0.1) is 6.10 Å². The summed E-state index contributed by atoms with van der Waals surface area (Å²) >= 11 is 6.11. The van der Waals surface area contributed by atoms with E-state index in [-0.39, 0.29) is 28.4 Å². The van der Waals surface area contributed by atoms with Gasteiger partial charge in [0.1, 0.15) is 16.5 Å². The largest absolute Gasteiger partial charge is 0.490 e. The van der Waals surface area contributed by atoms with Gasteiger partial charge < -0.3 is 10.1 Å². The lowest BCUT2D eigenvalue weighted by molar-refractivity contribution is -0.116. The van der Waals surface area contributed by atoms with Crippen LogP contribution in [-0.4, -0.2) is 17.7 Å². The molecule has 0 aliphatic heterocycles. The molecule has 2 rings (SSSR count). The summed E-state index contributed by atoms with van der Waals surface area (Å²) in [6, 6.07) is 5.47. The van der Waals surface area contributed by atoms with Crippen LogP contribution in [0.1, 0.15) is 40.2 Å². The van der Waals surface area contributed by atoms with E-state index in [1.165, 1.54) is 0 Å². The molecule has 0 saturated heterocycles. The fourth-order valence-electron chi connectivity index (χ4n) is 2.46. The average molecular weight is 360 g/mol. The third-order valence-corrected chi connectivity index (χ3v) is 4.24. The molecule has 0 atom stereocenters. The predicted octanol–water partition coefficient (Wildman–Crippen LogP) is 4.86. The van der Waals surface area contributed by atoms with Gasteiger partial charge in [0.25, 0.3) is 0 Å². The highest BCUT2D eigenvalue weighted by Gasteiger charge is 2.29. The number of hydrogen-bond donors (Lipinski definition) is 1. The summed E-state index contributed by atoms with van der Waals surface area (Å²) in [5, 5.41) is 2.91. The van der Waals surface area contributed by atoms with E-state index in [2.05, 4.69) is 5.32 Å². The van der Waals surface area contributed by atoms with Crippen LogP contribution >= 0.6 is 11.6 Å². The van der Waals surface area contributed by atoms with E-state index in [0.717, 1.165) is 11.3 Å². The van der Waals surface area contributed by atoms with Gasteiger partial charge in [-0.1, -0.05) is 23.8 Å². The fourth-order valence-corrected chi connectivity index (χ4v) is 2.73. The number of rotatable bonds is 5. The monoisotopic (exact) mass is 359 g/mol. The summed E-state index contributed by atoms with van der Waals surface area (Å²) in [4.78, 5) is 24.6. The number of anilines is 1. The predicted molar refractivity (Wildman–Crippen MR) is 102 cm³/mol. The van der Waals surface area contributed by atoms with E-state index in [1.54, 1.807) is 19.9 Å². The van der Waals surface area contributed by atoms with Crippen LogP contribution in [0.25, 0.3) is 6.08 Å². The van der Waals surface area contributed by atoms with Crippen LogP contribution in [0.2, 0.25) is 0 Å². The van der Waals surface area contributed by atoms with Crippen LogP contribution in [0, 0.1) is 0 Å². The second-order valence-corrected chi connectivity index (χ2v) is 6.52. The molecule has 0 amide bonds. The molecule has 0 radical (unpaired) electrons. The molecule has 1 N–H and O–H groups in total. The number of halogens is 1. The standard InChI is InChI=1S/C20H22ClNO3/c1-6-7-14-10-15(8-9-16(14)25-11(2)3)22-18-17(21)19(23)12(4)13(5)20(18)24/h6-11,22H,1-5H3/b7-6-. The Morgan fingerprint density at radius 1 is 1.12 bits per heavy atom. The molecule has 0 fully saturated rings. The van der Waals surface area contributed by atoms with Crippen molar-refractivity contribution in [3.63, 3.8) is 0 Å². The minimum atomic E-state index is -0.324. The number of allylic oxidation sites excluding steroid dienone is 4. The quantitative estimate of drug-likeness (QED) is 0.763. The zero-order valence-corrected chi connectivity index (χ0v) is 15.8. The summed E-state index contributed by atoms with van der Waals surface area (Å²) in [5.74, 6) is 0.156. The van der Waals surface area contributed by atoms with Crippen molar-refractivity contribution in [2.24, 2.45) is 0 Å². The molecule has 1 aromatic rings. The molecule has 25 heavy (non-hydrogen) atoms. The summed E-state index contributed by atoms with van der Waals surface area (Å²) in [6.45, 7) is 9.07. The lowest BCUT2D eigenvalue weighted by Gasteiger charge is -2.19. The topological polar surface area (TPSA) is 55.4 Å². The van der Waals surface area contributed by atoms with Crippen LogP contribution in [0.4, 0.5) is 5.69 Å². The molecule has 4 nitrogen and oxygen atoms in total. The van der Waals surface area contributed by atoms with Crippen LogP contribution in [0.15, 0.2) is 46.2 Å². The van der Waals surface area contributed by atoms with E-state index in [9.17, 15) is 9.59 Å². The maximum atomic E-state index is 12.5. The first-order valence-corrected chi connectivity index (χ1v) is 8.51. The average Bonchev–Trinajstić information content (AvgIpc) is 2.57. The van der Waals surface area contributed by atoms with Gasteiger partial charge in [-0.3, -0.25) is 9.59 Å². The van der Waals surface area contributed by atoms with Crippen molar-refractivity contribution in [1.82, 2.24) is 0 Å². The van der Waals surface area contributed by atoms with Gasteiger partial charge in [0.15, 0.2) is 0 Å². The van der Waals surface area contributed by atoms with E-state index in [0.29, 0.717) is 16.8 Å². The summed E-state index contributed by atoms with van der Waals surface area (Å²) in [6.07, 6.45) is 3.87. The Morgan fingerprint density at radius 2 is 1.76 bits per heavy atom. The summed E-state index contributed by atoms with van der Waals surface area (Å²) in [7, 11) is 0. The van der Waals surface area contributed by atoms with Gasteiger partial charge in [-0.05, 0) is 52.8 Å². The number of carbonyl (C=O) groups excluding carboxylic acids is 2. The maximum Gasteiger partial charge on any atom is 0.206 e. The molecule has 0 unspecified atom stereocenters. The Bertz CT molecular complexity index is 816. The first kappa shape index (κ1) is 19.0. The number of hydrogen-bond acceptors (Lipinski definition) is 4. The first-order chi connectivity index (χ1) is 11.8. The molecule has 0 bridgehead atoms. The van der Waals surface area contributed by atoms with Gasteiger partial charge in [0, 0.05) is 22.4 Å². The van der Waals surface area contributed by atoms with Gasteiger partial charge >= 0.3 is 0 Å². The van der Waals surface area contributed by atoms with Gasteiger partial charge in [-0.25, -0.2) is 0 Å². The molecule has 5 heteroatoms. The maximum absolute atomic E-state index is 12.5. The Balaban J connectivity index is 2.39. The van der Waals surface area contributed by atoms with E-state index < -0.39 is 0 Å². The number of Topliss-reactive ketones (excluding diaryl/α,β-unsaturated/α-hetero) is 2. The number of benzene rings is 1. The van der Waals surface area contributed by atoms with E-state index in [4.69, 9.17) is 16.3 Å². The molecular formula is C20H22ClNO3. The van der Waals surface area contributed by atoms with Crippen molar-refractivity contribution in [2.45, 2.75) is 40.7 Å². The van der Waals surface area contributed by atoms with E-state index in [1.807, 2.05) is 45.1 Å². The SMILES string of the molecule is C/C=C\c1cc(NC2=C(Cl)C(=O)C(C)=C(C)C2=O)ccc1OC(C)C. The first-order valence-electron chi connectivity index (χ1n) is 8.13. The lowest BCUT2D eigenvalue weighted by atomic mass is 9.94. The number of nitrogens with one attached hydrogen (secondary N) is 1. The molecule has 1 aromatic carbocycles. The van der Waals surface area contributed by atoms with Crippen LogP contribution in [0.5, 0.6) is 5.75 Å². The molecule has 132 valence electrons. The van der Waals surface area contributed by atoms with Crippen molar-refractivity contribution in [3.8, 4) is 5.75 Å². The molecule has 0 heterocycles. The van der Waals surface area contributed by atoms with Gasteiger partial charge in [-0.15, -0.1) is 0 Å². The molecule has 0 aromatic heterocycles. The van der Waals surface area contributed by atoms with Gasteiger partial charge in [-0.2, -0.15) is 0 Å². The minimum Gasteiger partial charge on any atom is -0.490 e.